The highest BCUT2D eigenvalue weighted by molar-refractivity contribution is 5.96. The van der Waals surface area contributed by atoms with E-state index >= 15 is 0 Å². The minimum absolute atomic E-state index is 0.0352. The molecule has 0 spiro atoms. The molecule has 4 aromatic carbocycles. The summed E-state index contributed by atoms with van der Waals surface area (Å²) < 4.78 is 43.0. The Labute approximate surface area is 271 Å². The summed E-state index contributed by atoms with van der Waals surface area (Å²) in [6, 6.07) is 31.0. The number of fused-ring (bicyclic) bond motifs is 1. The van der Waals surface area contributed by atoms with Crippen LogP contribution in [0.1, 0.15) is 27.8 Å². The number of carbonyl (C=O) groups is 2. The van der Waals surface area contributed by atoms with Crippen molar-refractivity contribution in [2.45, 2.75) is 32.0 Å². The lowest BCUT2D eigenvalue weighted by atomic mass is 9.97. The first-order valence-corrected chi connectivity index (χ1v) is 15.4. The van der Waals surface area contributed by atoms with E-state index in [2.05, 4.69) is 11.1 Å². The third-order valence-corrected chi connectivity index (χ3v) is 8.40. The molecule has 2 heterocycles. The lowest BCUT2D eigenvalue weighted by Gasteiger charge is -2.37. The van der Waals surface area contributed by atoms with Gasteiger partial charge in [0, 0.05) is 49.5 Å². The van der Waals surface area contributed by atoms with E-state index in [4.69, 9.17) is 0 Å². The fraction of sp³-hybridized carbons (Fsp3) is 0.154. The van der Waals surface area contributed by atoms with Gasteiger partial charge in [-0.1, -0.05) is 84.9 Å². The van der Waals surface area contributed by atoms with Crippen LogP contribution in [0.4, 0.5) is 13.2 Å². The van der Waals surface area contributed by atoms with Crippen molar-refractivity contribution in [1.29, 1.82) is 0 Å². The number of nitrogens with zero attached hydrogens (tertiary/aromatic N) is 3. The maximum absolute atomic E-state index is 14.5. The van der Waals surface area contributed by atoms with Crippen molar-refractivity contribution in [3.05, 3.63) is 167 Å². The van der Waals surface area contributed by atoms with Gasteiger partial charge in [0.05, 0.1) is 5.69 Å². The topological polar surface area (TPSA) is 53.5 Å². The summed E-state index contributed by atoms with van der Waals surface area (Å²) in [5.41, 5.74) is 4.81. The molecular weight excluding hydrogens is 599 g/mol. The second-order valence-electron chi connectivity index (χ2n) is 11.5. The number of halogens is 3. The number of aromatic nitrogens is 1. The largest absolute Gasteiger partial charge is 0.336 e. The van der Waals surface area contributed by atoms with Crippen LogP contribution in [0.2, 0.25) is 0 Å². The van der Waals surface area contributed by atoms with E-state index in [0.29, 0.717) is 25.6 Å². The molecule has 0 aliphatic carbocycles. The fourth-order valence-corrected chi connectivity index (χ4v) is 5.86. The Hall–Kier alpha value is -5.50. The number of pyridine rings is 1. The maximum Gasteiger partial charge on any atom is 0.247 e. The standard InChI is InChI=1S/C39H32F3N3O2/c40-33-18-19-34(41)38(42)32(33)17-20-37(46)45(25-28-13-15-30(16-14-28)35-12-6-7-22-43-35)36(24-27-8-2-1-3-9-27)39(47)44-23-21-29-10-4-5-11-31(29)26-44/h1-20,22,36H,21,23-26H2/t36-/m0/s1. The molecule has 0 saturated carbocycles. The van der Waals surface area contributed by atoms with Gasteiger partial charge in [0.2, 0.25) is 11.8 Å². The highest BCUT2D eigenvalue weighted by Gasteiger charge is 2.34. The zero-order valence-electron chi connectivity index (χ0n) is 25.5. The van der Waals surface area contributed by atoms with E-state index in [1.54, 1.807) is 11.1 Å². The van der Waals surface area contributed by atoms with E-state index in [9.17, 15) is 22.8 Å². The molecule has 0 unspecified atom stereocenters. The molecule has 1 aliphatic heterocycles. The first kappa shape index (κ1) is 31.5. The van der Waals surface area contributed by atoms with Gasteiger partial charge in [-0.25, -0.2) is 13.2 Å². The van der Waals surface area contributed by atoms with E-state index in [-0.39, 0.29) is 18.9 Å². The normalized spacial score (nSPS) is 13.3. The van der Waals surface area contributed by atoms with Gasteiger partial charge in [0.1, 0.15) is 11.9 Å². The lowest BCUT2D eigenvalue weighted by molar-refractivity contribution is -0.144. The zero-order valence-corrected chi connectivity index (χ0v) is 25.5. The van der Waals surface area contributed by atoms with E-state index in [1.165, 1.54) is 10.5 Å². The monoisotopic (exact) mass is 631 g/mol. The Balaban J connectivity index is 1.37. The third-order valence-electron chi connectivity index (χ3n) is 8.40. The summed E-state index contributed by atoms with van der Waals surface area (Å²) in [5.74, 6) is -4.51. The lowest BCUT2D eigenvalue weighted by Crippen LogP contribution is -2.52. The van der Waals surface area contributed by atoms with Crippen LogP contribution in [0.25, 0.3) is 17.3 Å². The molecule has 0 bridgehead atoms. The Morgan fingerprint density at radius 2 is 1.49 bits per heavy atom. The van der Waals surface area contributed by atoms with Crippen LogP contribution in [0.5, 0.6) is 0 Å². The molecule has 6 rings (SSSR count). The van der Waals surface area contributed by atoms with Crippen molar-refractivity contribution >= 4 is 17.9 Å². The number of amides is 2. The van der Waals surface area contributed by atoms with Crippen LogP contribution in [0.15, 0.2) is 121 Å². The maximum atomic E-state index is 14.5. The van der Waals surface area contributed by atoms with Gasteiger partial charge in [-0.05, 0) is 59.0 Å². The van der Waals surface area contributed by atoms with Crippen molar-refractivity contribution < 1.29 is 22.8 Å². The van der Waals surface area contributed by atoms with Crippen LogP contribution in [-0.2, 0) is 35.5 Å². The molecule has 1 aliphatic rings. The highest BCUT2D eigenvalue weighted by Crippen LogP contribution is 2.25. The third kappa shape index (κ3) is 7.33. The number of rotatable bonds is 9. The van der Waals surface area contributed by atoms with E-state index in [0.717, 1.165) is 46.2 Å². The number of hydrogen-bond acceptors (Lipinski definition) is 3. The van der Waals surface area contributed by atoms with Crippen LogP contribution in [-0.4, -0.2) is 39.2 Å². The number of carbonyl (C=O) groups excluding carboxylic acids is 2. The van der Waals surface area contributed by atoms with Gasteiger partial charge < -0.3 is 9.80 Å². The van der Waals surface area contributed by atoms with E-state index in [1.807, 2.05) is 91.0 Å². The highest BCUT2D eigenvalue weighted by atomic mass is 19.2. The van der Waals surface area contributed by atoms with Crippen molar-refractivity contribution in [2.75, 3.05) is 6.54 Å². The molecule has 1 atom stereocenters. The first-order chi connectivity index (χ1) is 22.9. The van der Waals surface area contributed by atoms with Crippen molar-refractivity contribution in [3.63, 3.8) is 0 Å². The van der Waals surface area contributed by atoms with Crippen molar-refractivity contribution in [2.24, 2.45) is 0 Å². The summed E-state index contributed by atoms with van der Waals surface area (Å²) in [6.07, 6.45) is 4.53. The van der Waals surface area contributed by atoms with Gasteiger partial charge in [0.15, 0.2) is 11.6 Å². The van der Waals surface area contributed by atoms with Gasteiger partial charge in [0.25, 0.3) is 0 Å². The molecule has 47 heavy (non-hydrogen) atoms. The number of hydrogen-bond donors (Lipinski definition) is 0. The first-order valence-electron chi connectivity index (χ1n) is 15.4. The minimum atomic E-state index is -1.39. The summed E-state index contributed by atoms with van der Waals surface area (Å²) in [6.45, 7) is 0.918. The van der Waals surface area contributed by atoms with Crippen LogP contribution < -0.4 is 0 Å². The summed E-state index contributed by atoms with van der Waals surface area (Å²) >= 11 is 0. The molecule has 0 saturated heterocycles. The average molecular weight is 632 g/mol. The van der Waals surface area contributed by atoms with Crippen LogP contribution in [0, 0.1) is 17.5 Å². The zero-order chi connectivity index (χ0) is 32.8. The summed E-state index contributed by atoms with van der Waals surface area (Å²) in [7, 11) is 0. The second-order valence-corrected chi connectivity index (χ2v) is 11.5. The molecule has 1 aromatic heterocycles. The molecule has 2 amide bonds. The summed E-state index contributed by atoms with van der Waals surface area (Å²) in [5, 5.41) is 0. The van der Waals surface area contributed by atoms with Crippen LogP contribution in [0.3, 0.4) is 0 Å². The molecule has 5 nitrogen and oxygen atoms in total. The predicted octanol–water partition coefficient (Wildman–Crippen LogP) is 7.40. The second kappa shape index (κ2) is 14.3. The summed E-state index contributed by atoms with van der Waals surface area (Å²) in [4.78, 5) is 36.1. The van der Waals surface area contributed by atoms with Gasteiger partial charge >= 0.3 is 0 Å². The molecule has 5 aromatic rings. The quantitative estimate of drug-likeness (QED) is 0.126. The Morgan fingerprint density at radius 1 is 0.787 bits per heavy atom. The Morgan fingerprint density at radius 3 is 2.23 bits per heavy atom. The van der Waals surface area contributed by atoms with E-state index < -0.39 is 35.0 Å². The van der Waals surface area contributed by atoms with Gasteiger partial charge in [-0.3, -0.25) is 14.6 Å². The van der Waals surface area contributed by atoms with Gasteiger partial charge in [-0.2, -0.15) is 0 Å². The fourth-order valence-electron chi connectivity index (χ4n) is 5.86. The molecule has 0 fully saturated rings. The Bertz CT molecular complexity index is 1900. The minimum Gasteiger partial charge on any atom is -0.336 e. The molecule has 0 N–H and O–H groups in total. The molecular formula is C39H32F3N3O2. The molecule has 236 valence electrons. The SMILES string of the molecule is O=C([C@H](Cc1ccccc1)N(Cc1ccc(-c2ccccn2)cc1)C(=O)C=Cc1c(F)ccc(F)c1F)N1CCc2ccccc2C1. The number of benzene rings is 4. The van der Waals surface area contributed by atoms with Crippen LogP contribution >= 0.6 is 0 Å². The van der Waals surface area contributed by atoms with Gasteiger partial charge in [-0.15, -0.1) is 0 Å². The Kier molecular flexibility index (Phi) is 9.57. The van der Waals surface area contributed by atoms with Crippen molar-refractivity contribution in [1.82, 2.24) is 14.8 Å². The molecule has 0 radical (unpaired) electrons. The van der Waals surface area contributed by atoms with Crippen molar-refractivity contribution in [3.8, 4) is 11.3 Å². The predicted molar refractivity (Wildman–Crippen MR) is 175 cm³/mol. The smallest absolute Gasteiger partial charge is 0.247 e. The average Bonchev–Trinajstić information content (AvgIpc) is 3.12. The molecule has 8 heteroatoms.